The summed E-state index contributed by atoms with van der Waals surface area (Å²) in [6.07, 6.45) is 1.33. The van der Waals surface area contributed by atoms with Crippen LogP contribution in [0.4, 0.5) is 10.5 Å². The molecule has 0 spiro atoms. The Labute approximate surface area is 304 Å². The van der Waals surface area contributed by atoms with E-state index in [-0.39, 0.29) is 36.0 Å². The Morgan fingerprint density at radius 2 is 1.57 bits per heavy atom. The molecule has 3 aromatic rings. The van der Waals surface area contributed by atoms with E-state index >= 15 is 0 Å². The number of nitrogens with one attached hydrogen (secondary N) is 3. The Hall–Kier alpha value is -4.78. The van der Waals surface area contributed by atoms with Gasteiger partial charge >= 0.3 is 18.0 Å². The first-order valence-electron chi connectivity index (χ1n) is 17.3. The molecule has 12 nitrogen and oxygen atoms in total. The van der Waals surface area contributed by atoms with Gasteiger partial charge in [0.2, 0.25) is 5.91 Å². The molecular formula is C38H51N5O7S. The lowest BCUT2D eigenvalue weighted by atomic mass is 9.95. The highest BCUT2D eigenvalue weighted by atomic mass is 32.1. The van der Waals surface area contributed by atoms with Gasteiger partial charge in [0.15, 0.2) is 6.10 Å². The molecule has 0 saturated heterocycles. The third kappa shape index (κ3) is 12.8. The number of likely N-dealkylation sites (N-methyl/N-ethyl adjacent to an activating group) is 1. The number of amides is 4. The molecule has 1 heterocycles. The summed E-state index contributed by atoms with van der Waals surface area (Å²) in [5.74, 6) is -2.09. The van der Waals surface area contributed by atoms with Gasteiger partial charge in [0, 0.05) is 43.5 Å². The predicted octanol–water partition coefficient (Wildman–Crippen LogP) is 6.15. The average molecular weight is 722 g/mol. The second-order valence-electron chi connectivity index (χ2n) is 13.0. The summed E-state index contributed by atoms with van der Waals surface area (Å²) in [4.78, 5) is 70.8. The molecule has 0 fully saturated rings. The number of rotatable bonds is 18. The maximum absolute atomic E-state index is 13.9. The van der Waals surface area contributed by atoms with Crippen molar-refractivity contribution in [3.05, 3.63) is 82.3 Å². The molecular weight excluding hydrogens is 671 g/mol. The number of carbonyl (C=O) groups is 5. The van der Waals surface area contributed by atoms with Gasteiger partial charge < -0.3 is 30.3 Å². The lowest BCUT2D eigenvalue weighted by Crippen LogP contribution is -2.52. The smallest absolute Gasteiger partial charge is 0.319 e. The Kier molecular flexibility index (Phi) is 16.1. The number of benzene rings is 2. The van der Waals surface area contributed by atoms with E-state index in [0.717, 1.165) is 5.56 Å². The van der Waals surface area contributed by atoms with Crippen molar-refractivity contribution in [3.63, 3.8) is 0 Å². The highest BCUT2D eigenvalue weighted by Crippen LogP contribution is 2.31. The van der Waals surface area contributed by atoms with E-state index in [1.807, 2.05) is 57.2 Å². The molecule has 0 aliphatic carbocycles. The van der Waals surface area contributed by atoms with Gasteiger partial charge in [0.1, 0.15) is 16.7 Å². The van der Waals surface area contributed by atoms with Crippen LogP contribution < -0.4 is 16.0 Å². The number of aromatic nitrogens is 1. The molecule has 3 rings (SSSR count). The largest absolute Gasteiger partial charge is 0.469 e. The van der Waals surface area contributed by atoms with Gasteiger partial charge in [0.25, 0.3) is 5.91 Å². The third-order valence-electron chi connectivity index (χ3n) is 8.52. The molecule has 3 N–H and O–H groups in total. The molecule has 0 aliphatic rings. The van der Waals surface area contributed by atoms with Gasteiger partial charge in [0.05, 0.1) is 13.0 Å². The van der Waals surface area contributed by atoms with Crippen molar-refractivity contribution in [1.82, 2.24) is 20.5 Å². The van der Waals surface area contributed by atoms with Crippen molar-refractivity contribution >= 4 is 46.8 Å². The molecule has 276 valence electrons. The summed E-state index contributed by atoms with van der Waals surface area (Å²) >= 11 is 1.19. The summed E-state index contributed by atoms with van der Waals surface area (Å²) in [6, 6.07) is 16.6. The van der Waals surface area contributed by atoms with Crippen molar-refractivity contribution in [2.24, 2.45) is 11.8 Å². The van der Waals surface area contributed by atoms with Crippen LogP contribution in [0, 0.1) is 11.8 Å². The third-order valence-corrected chi connectivity index (χ3v) is 9.46. The number of urea groups is 1. The minimum Gasteiger partial charge on any atom is -0.469 e. The van der Waals surface area contributed by atoms with Crippen molar-refractivity contribution in [1.29, 1.82) is 0 Å². The van der Waals surface area contributed by atoms with Crippen LogP contribution >= 0.6 is 11.3 Å². The molecule has 1 aromatic heterocycles. The summed E-state index contributed by atoms with van der Waals surface area (Å²) in [6.45, 7) is 8.93. The van der Waals surface area contributed by atoms with Crippen LogP contribution in [0.25, 0.3) is 0 Å². The molecule has 51 heavy (non-hydrogen) atoms. The number of methoxy groups -OCH3 is 1. The SMILES string of the molecule is CCC[C@H](NC(=O)Nc1ccccc1)C(=O)N(C)[C@H](C[C@@H](OC(C)=O)c1nc(C(=O)N[C@@H](Cc2ccccc2)C[C@H](C)C(=O)OC)cs1)C(C)C. The number of thiazole rings is 1. The molecule has 0 saturated carbocycles. The van der Waals surface area contributed by atoms with E-state index in [0.29, 0.717) is 36.4 Å². The fourth-order valence-electron chi connectivity index (χ4n) is 5.91. The second kappa shape index (κ2) is 20.2. The Morgan fingerprint density at radius 3 is 2.16 bits per heavy atom. The zero-order valence-electron chi connectivity index (χ0n) is 30.5. The number of esters is 2. The average Bonchev–Trinajstić information content (AvgIpc) is 3.60. The summed E-state index contributed by atoms with van der Waals surface area (Å²) in [5.41, 5.74) is 1.76. The fourth-order valence-corrected chi connectivity index (χ4v) is 6.75. The van der Waals surface area contributed by atoms with E-state index < -0.39 is 42.0 Å². The maximum Gasteiger partial charge on any atom is 0.319 e. The van der Waals surface area contributed by atoms with Crippen LogP contribution in [0.5, 0.6) is 0 Å². The quantitative estimate of drug-likeness (QED) is 0.132. The molecule has 0 aliphatic heterocycles. The normalized spacial score (nSPS) is 14.0. The topological polar surface area (TPSA) is 156 Å². The highest BCUT2D eigenvalue weighted by Gasteiger charge is 2.34. The molecule has 0 radical (unpaired) electrons. The van der Waals surface area contributed by atoms with Crippen LogP contribution in [-0.2, 0) is 30.3 Å². The van der Waals surface area contributed by atoms with Crippen LogP contribution in [0.3, 0.4) is 0 Å². The minimum absolute atomic E-state index is 0.0595. The van der Waals surface area contributed by atoms with Crippen molar-refractivity contribution < 1.29 is 33.4 Å². The van der Waals surface area contributed by atoms with E-state index in [9.17, 15) is 24.0 Å². The van der Waals surface area contributed by atoms with E-state index in [2.05, 4.69) is 20.9 Å². The van der Waals surface area contributed by atoms with Gasteiger partial charge in [-0.15, -0.1) is 11.3 Å². The number of anilines is 1. The molecule has 5 atom stereocenters. The van der Waals surface area contributed by atoms with E-state index in [4.69, 9.17) is 9.47 Å². The van der Waals surface area contributed by atoms with Gasteiger partial charge in [-0.1, -0.05) is 82.6 Å². The van der Waals surface area contributed by atoms with Gasteiger partial charge in [-0.05, 0) is 42.9 Å². The molecule has 0 unspecified atom stereocenters. The Bertz CT molecular complexity index is 1580. The summed E-state index contributed by atoms with van der Waals surface area (Å²) in [5, 5.41) is 10.6. The van der Waals surface area contributed by atoms with Crippen LogP contribution in [-0.4, -0.2) is 72.0 Å². The number of para-hydroxylation sites is 1. The van der Waals surface area contributed by atoms with E-state index in [1.54, 1.807) is 48.5 Å². The van der Waals surface area contributed by atoms with Gasteiger partial charge in [-0.3, -0.25) is 19.2 Å². The van der Waals surface area contributed by atoms with Crippen molar-refractivity contribution in [3.8, 4) is 0 Å². The number of hydrogen-bond donors (Lipinski definition) is 3. The number of carbonyl (C=O) groups excluding carboxylic acids is 5. The zero-order valence-corrected chi connectivity index (χ0v) is 31.3. The standard InChI is InChI=1S/C38H51N5O7S/c1-8-15-30(42-38(48)40-28-18-13-10-14-19-28)36(46)43(6)32(24(2)3)22-33(50-26(5)44)35-41-31(23-51-35)34(45)39-29(20-25(4)37(47)49-7)21-27-16-11-9-12-17-27/h9-14,16-19,23-25,29-30,32-33H,8,15,20-22H2,1-7H3,(H,39,45)(H2,40,42,48)/t25-,29+,30-,32+,33+/m0/s1. The molecule has 0 bridgehead atoms. The lowest BCUT2D eigenvalue weighted by Gasteiger charge is -2.35. The molecule has 2 aromatic carbocycles. The summed E-state index contributed by atoms with van der Waals surface area (Å²) < 4.78 is 10.6. The number of hydrogen-bond acceptors (Lipinski definition) is 9. The first-order valence-corrected chi connectivity index (χ1v) is 18.1. The Balaban J connectivity index is 1.78. The zero-order chi connectivity index (χ0) is 37.5. The van der Waals surface area contributed by atoms with Crippen LogP contribution in [0.15, 0.2) is 66.0 Å². The monoisotopic (exact) mass is 721 g/mol. The van der Waals surface area contributed by atoms with Crippen molar-refractivity contribution in [2.75, 3.05) is 19.5 Å². The number of nitrogens with zero attached hydrogens (tertiary/aromatic N) is 2. The minimum atomic E-state index is -0.838. The number of ether oxygens (including phenoxy) is 2. The van der Waals surface area contributed by atoms with Crippen molar-refractivity contribution in [2.45, 2.75) is 91.0 Å². The van der Waals surface area contributed by atoms with Gasteiger partial charge in [-0.2, -0.15) is 0 Å². The summed E-state index contributed by atoms with van der Waals surface area (Å²) in [7, 11) is 3.02. The molecule has 4 amide bonds. The molecule has 13 heteroatoms. The Morgan fingerprint density at radius 1 is 0.922 bits per heavy atom. The van der Waals surface area contributed by atoms with Crippen LogP contribution in [0.1, 0.15) is 87.5 Å². The van der Waals surface area contributed by atoms with Crippen LogP contribution in [0.2, 0.25) is 0 Å². The highest BCUT2D eigenvalue weighted by molar-refractivity contribution is 7.09. The fraction of sp³-hybridized carbons (Fsp3) is 0.474. The first-order chi connectivity index (χ1) is 24.3. The first kappa shape index (κ1) is 40.6. The predicted molar refractivity (Wildman–Crippen MR) is 197 cm³/mol. The second-order valence-corrected chi connectivity index (χ2v) is 13.9. The van der Waals surface area contributed by atoms with Gasteiger partial charge in [-0.25, -0.2) is 9.78 Å². The lowest BCUT2D eigenvalue weighted by molar-refractivity contribution is -0.149. The van der Waals surface area contributed by atoms with E-state index in [1.165, 1.54) is 25.4 Å². The maximum atomic E-state index is 13.9.